The summed E-state index contributed by atoms with van der Waals surface area (Å²) in [6.45, 7) is 8.71. The van der Waals surface area contributed by atoms with Gasteiger partial charge in [0.2, 0.25) is 5.95 Å². The number of piperidine rings is 1. The molecule has 0 aromatic carbocycles. The number of pyridine rings is 2. The largest absolute Gasteiger partial charge is 0.341 e. The predicted octanol–water partition coefficient (Wildman–Crippen LogP) is 2.94. The average Bonchev–Trinajstić information content (AvgIpc) is 2.76. The van der Waals surface area contributed by atoms with Crippen LogP contribution in [0.2, 0.25) is 0 Å². The summed E-state index contributed by atoms with van der Waals surface area (Å²) in [7, 11) is 0. The minimum absolute atomic E-state index is 0.0977. The molecular formula is C22H28N6O. The van der Waals surface area contributed by atoms with Gasteiger partial charge in [0.1, 0.15) is 0 Å². The van der Waals surface area contributed by atoms with Gasteiger partial charge in [-0.3, -0.25) is 14.7 Å². The fourth-order valence-electron chi connectivity index (χ4n) is 4.05. The number of hydrogen-bond donors (Lipinski definition) is 1. The molecule has 4 heterocycles. The third-order valence-corrected chi connectivity index (χ3v) is 5.79. The van der Waals surface area contributed by atoms with E-state index in [1.165, 1.54) is 0 Å². The molecule has 7 nitrogen and oxygen atoms in total. The number of aromatic nitrogens is 4. The van der Waals surface area contributed by atoms with Crippen molar-refractivity contribution in [3.63, 3.8) is 0 Å². The summed E-state index contributed by atoms with van der Waals surface area (Å²) in [4.78, 5) is 33.7. The Labute approximate surface area is 170 Å². The fourth-order valence-corrected chi connectivity index (χ4v) is 4.05. The highest BCUT2D eigenvalue weighted by molar-refractivity contribution is 5.78. The number of rotatable bonds is 6. The fraction of sp³-hybridized carbons (Fsp3) is 0.455. The molecule has 4 rings (SSSR count). The molecule has 1 aliphatic rings. The van der Waals surface area contributed by atoms with E-state index in [4.69, 9.17) is 0 Å². The van der Waals surface area contributed by atoms with E-state index in [9.17, 15) is 4.79 Å². The van der Waals surface area contributed by atoms with E-state index in [1.54, 1.807) is 6.20 Å². The maximum atomic E-state index is 12.6. The molecule has 0 atom stereocenters. The summed E-state index contributed by atoms with van der Waals surface area (Å²) >= 11 is 0. The molecule has 3 aromatic rings. The van der Waals surface area contributed by atoms with Gasteiger partial charge in [-0.15, -0.1) is 0 Å². The molecule has 1 N–H and O–H groups in total. The smallest absolute Gasteiger partial charge is 0.259 e. The second-order valence-electron chi connectivity index (χ2n) is 7.57. The van der Waals surface area contributed by atoms with Crippen LogP contribution in [0.1, 0.15) is 44.0 Å². The van der Waals surface area contributed by atoms with Crippen LogP contribution in [0.3, 0.4) is 0 Å². The van der Waals surface area contributed by atoms with Crippen LogP contribution in [-0.2, 0) is 6.54 Å². The topological polar surface area (TPSA) is 78.0 Å². The Morgan fingerprint density at radius 2 is 1.97 bits per heavy atom. The second-order valence-corrected chi connectivity index (χ2v) is 7.57. The van der Waals surface area contributed by atoms with Gasteiger partial charge in [-0.2, -0.15) is 0 Å². The lowest BCUT2D eigenvalue weighted by atomic mass is 9.92. The van der Waals surface area contributed by atoms with E-state index >= 15 is 0 Å². The highest BCUT2D eigenvalue weighted by atomic mass is 16.1. The first-order valence-corrected chi connectivity index (χ1v) is 10.4. The summed E-state index contributed by atoms with van der Waals surface area (Å²) in [6, 6.07) is 8.09. The first-order valence-electron chi connectivity index (χ1n) is 10.4. The molecule has 0 spiro atoms. The number of fused-ring (bicyclic) bond motifs is 1. The minimum Gasteiger partial charge on any atom is -0.341 e. The monoisotopic (exact) mass is 392 g/mol. The molecule has 0 unspecified atom stereocenters. The van der Waals surface area contributed by atoms with Crippen molar-refractivity contribution in [3.8, 4) is 0 Å². The van der Waals surface area contributed by atoms with Crippen molar-refractivity contribution in [2.45, 2.75) is 39.2 Å². The normalized spacial score (nSPS) is 15.7. The van der Waals surface area contributed by atoms with Gasteiger partial charge in [0.15, 0.2) is 0 Å². The van der Waals surface area contributed by atoms with Crippen molar-refractivity contribution in [2.75, 3.05) is 31.1 Å². The van der Waals surface area contributed by atoms with Gasteiger partial charge in [0.05, 0.1) is 16.6 Å². The Morgan fingerprint density at radius 1 is 1.17 bits per heavy atom. The van der Waals surface area contributed by atoms with Gasteiger partial charge in [-0.05, 0) is 58.0 Å². The Bertz CT molecular complexity index is 1010. The van der Waals surface area contributed by atoms with E-state index in [2.05, 4.69) is 49.6 Å². The van der Waals surface area contributed by atoms with Crippen molar-refractivity contribution in [2.24, 2.45) is 0 Å². The zero-order chi connectivity index (χ0) is 20.2. The molecule has 1 aliphatic heterocycles. The number of hydrogen-bond acceptors (Lipinski definition) is 6. The summed E-state index contributed by atoms with van der Waals surface area (Å²) < 4.78 is 0. The first kappa shape index (κ1) is 19.5. The lowest BCUT2D eigenvalue weighted by Gasteiger charge is -2.31. The standard InChI is InChI=1S/C22H28N6O/c1-3-28(4-2)22-24-14-18-20(26-22)13-19(25-21(18)29)16-8-11-27(12-9-16)15-17-7-5-6-10-23-17/h5-7,10,13-14,16H,3-4,8-9,11-12,15H2,1-2H3,(H,25,29). The maximum Gasteiger partial charge on any atom is 0.259 e. The third-order valence-electron chi connectivity index (χ3n) is 5.79. The maximum absolute atomic E-state index is 12.6. The summed E-state index contributed by atoms with van der Waals surface area (Å²) in [5.74, 6) is 1.03. The summed E-state index contributed by atoms with van der Waals surface area (Å²) in [5.41, 5.74) is 2.73. The molecule has 0 amide bonds. The van der Waals surface area contributed by atoms with E-state index < -0.39 is 0 Å². The van der Waals surface area contributed by atoms with Crippen LogP contribution in [0.25, 0.3) is 10.9 Å². The predicted molar refractivity (Wildman–Crippen MR) is 115 cm³/mol. The number of nitrogens with zero attached hydrogens (tertiary/aromatic N) is 5. The number of anilines is 1. The minimum atomic E-state index is -0.0977. The van der Waals surface area contributed by atoms with Gasteiger partial charge < -0.3 is 9.88 Å². The van der Waals surface area contributed by atoms with Gasteiger partial charge in [-0.25, -0.2) is 9.97 Å². The van der Waals surface area contributed by atoms with Gasteiger partial charge in [0, 0.05) is 43.6 Å². The Balaban J connectivity index is 1.51. The molecule has 3 aromatic heterocycles. The summed E-state index contributed by atoms with van der Waals surface area (Å²) in [5, 5.41) is 0.553. The molecule has 0 radical (unpaired) electrons. The van der Waals surface area contributed by atoms with E-state index in [-0.39, 0.29) is 5.56 Å². The van der Waals surface area contributed by atoms with Crippen molar-refractivity contribution in [3.05, 3.63) is 58.4 Å². The SMILES string of the molecule is CCN(CC)c1ncc2c(=O)[nH]c(C3CCN(Cc4ccccn4)CC3)cc2n1. The highest BCUT2D eigenvalue weighted by Gasteiger charge is 2.22. The molecule has 0 bridgehead atoms. The van der Waals surface area contributed by atoms with Crippen LogP contribution < -0.4 is 10.5 Å². The van der Waals surface area contributed by atoms with Gasteiger partial charge in [-0.1, -0.05) is 6.07 Å². The second kappa shape index (κ2) is 8.69. The van der Waals surface area contributed by atoms with Crippen LogP contribution in [0, 0.1) is 0 Å². The number of nitrogens with one attached hydrogen (secondary N) is 1. The Hall–Kier alpha value is -2.80. The molecule has 7 heteroatoms. The van der Waals surface area contributed by atoms with E-state index in [0.717, 1.165) is 62.5 Å². The molecule has 1 fully saturated rings. The molecule has 0 saturated carbocycles. The number of H-pyrrole nitrogens is 1. The van der Waals surface area contributed by atoms with Crippen molar-refractivity contribution < 1.29 is 0 Å². The lowest BCUT2D eigenvalue weighted by molar-refractivity contribution is 0.201. The van der Waals surface area contributed by atoms with Crippen LogP contribution in [0.15, 0.2) is 41.5 Å². The highest BCUT2D eigenvalue weighted by Crippen LogP contribution is 2.28. The van der Waals surface area contributed by atoms with Crippen molar-refractivity contribution in [1.82, 2.24) is 24.8 Å². The third kappa shape index (κ3) is 4.29. The van der Waals surface area contributed by atoms with Crippen LogP contribution >= 0.6 is 0 Å². The van der Waals surface area contributed by atoms with Crippen molar-refractivity contribution >= 4 is 16.9 Å². The van der Waals surface area contributed by atoms with Gasteiger partial charge in [0.25, 0.3) is 5.56 Å². The molecule has 1 saturated heterocycles. The molecular weight excluding hydrogens is 364 g/mol. The quantitative estimate of drug-likeness (QED) is 0.695. The van der Waals surface area contributed by atoms with Crippen LogP contribution in [-0.4, -0.2) is 51.0 Å². The van der Waals surface area contributed by atoms with Gasteiger partial charge >= 0.3 is 0 Å². The number of likely N-dealkylation sites (tertiary alicyclic amines) is 1. The average molecular weight is 393 g/mol. The lowest BCUT2D eigenvalue weighted by Crippen LogP contribution is -2.33. The first-order chi connectivity index (χ1) is 14.2. The van der Waals surface area contributed by atoms with Crippen molar-refractivity contribution in [1.29, 1.82) is 0 Å². The zero-order valence-electron chi connectivity index (χ0n) is 17.1. The number of aromatic amines is 1. The Morgan fingerprint density at radius 3 is 2.66 bits per heavy atom. The van der Waals surface area contributed by atoms with Crippen LogP contribution in [0.4, 0.5) is 5.95 Å². The van der Waals surface area contributed by atoms with E-state index in [0.29, 0.717) is 17.3 Å². The summed E-state index contributed by atoms with van der Waals surface area (Å²) in [6.07, 6.45) is 5.52. The molecule has 29 heavy (non-hydrogen) atoms. The molecule has 0 aliphatic carbocycles. The van der Waals surface area contributed by atoms with Crippen LogP contribution in [0.5, 0.6) is 0 Å². The molecule has 152 valence electrons. The Kier molecular flexibility index (Phi) is 5.85. The zero-order valence-corrected chi connectivity index (χ0v) is 17.1. The van der Waals surface area contributed by atoms with E-state index in [1.807, 2.05) is 24.4 Å².